The highest BCUT2D eigenvalue weighted by Crippen LogP contribution is 2.07. The van der Waals surface area contributed by atoms with E-state index in [1.54, 1.807) is 0 Å². The summed E-state index contributed by atoms with van der Waals surface area (Å²) in [7, 11) is 0. The Kier molecular flexibility index (Phi) is 2.29. The van der Waals surface area contributed by atoms with Gasteiger partial charge in [0, 0.05) is 5.56 Å². The minimum absolute atomic E-state index is 0.0862. The summed E-state index contributed by atoms with van der Waals surface area (Å²) in [5.74, 6) is 0.0862. The van der Waals surface area contributed by atoms with Crippen LogP contribution in [0.1, 0.15) is 24.2 Å². The van der Waals surface area contributed by atoms with Crippen molar-refractivity contribution in [1.82, 2.24) is 0 Å². The van der Waals surface area contributed by atoms with Crippen molar-refractivity contribution in [3.8, 4) is 0 Å². The predicted octanol–water partition coefficient (Wildman–Crippen LogP) is 0.890. The van der Waals surface area contributed by atoms with Gasteiger partial charge in [-0.3, -0.25) is 4.79 Å². The van der Waals surface area contributed by atoms with Gasteiger partial charge < -0.3 is 5.73 Å². The lowest BCUT2D eigenvalue weighted by Gasteiger charge is -2.12. The maximum absolute atomic E-state index is 11.6. The number of carbonyl (C=O) groups is 1. The fourth-order valence-corrected chi connectivity index (χ4v) is 0.980. The molecule has 0 aliphatic rings. The SMILES string of the molecule is CC(C)([NH3+])C(=O)c1ccccc1. The summed E-state index contributed by atoms with van der Waals surface area (Å²) in [6.45, 7) is 3.64. The Bertz CT molecular complexity index is 272. The molecule has 0 saturated heterocycles. The van der Waals surface area contributed by atoms with Gasteiger partial charge in [-0.2, -0.15) is 0 Å². The molecule has 0 aliphatic heterocycles. The first-order chi connectivity index (χ1) is 5.52. The van der Waals surface area contributed by atoms with E-state index in [0.717, 1.165) is 5.56 Å². The van der Waals surface area contributed by atoms with Crippen LogP contribution in [0.4, 0.5) is 0 Å². The number of Topliss-reactive ketones (excluding diaryl/α,β-unsaturated/α-hetero) is 1. The molecule has 0 spiro atoms. The normalized spacial score (nSPS) is 11.2. The van der Waals surface area contributed by atoms with Gasteiger partial charge in [-0.05, 0) is 13.8 Å². The smallest absolute Gasteiger partial charge is 0.222 e. The fourth-order valence-electron chi connectivity index (χ4n) is 0.980. The Morgan fingerprint density at radius 1 is 1.25 bits per heavy atom. The van der Waals surface area contributed by atoms with Gasteiger partial charge in [-0.1, -0.05) is 30.3 Å². The van der Waals surface area contributed by atoms with Crippen molar-refractivity contribution in [1.29, 1.82) is 0 Å². The molecule has 0 atom stereocenters. The van der Waals surface area contributed by atoms with Gasteiger partial charge in [0.2, 0.25) is 5.78 Å². The van der Waals surface area contributed by atoms with Gasteiger partial charge in [0.25, 0.3) is 0 Å². The van der Waals surface area contributed by atoms with E-state index >= 15 is 0 Å². The van der Waals surface area contributed by atoms with Crippen LogP contribution in [0.5, 0.6) is 0 Å². The van der Waals surface area contributed by atoms with Crippen LogP contribution in [0, 0.1) is 0 Å². The van der Waals surface area contributed by atoms with Gasteiger partial charge in [0.05, 0.1) is 0 Å². The zero-order valence-corrected chi connectivity index (χ0v) is 7.50. The highest BCUT2D eigenvalue weighted by molar-refractivity contribution is 6.01. The average molecular weight is 164 g/mol. The van der Waals surface area contributed by atoms with Crippen molar-refractivity contribution < 1.29 is 10.5 Å². The van der Waals surface area contributed by atoms with Crippen LogP contribution in [0.15, 0.2) is 30.3 Å². The van der Waals surface area contributed by atoms with Crippen molar-refractivity contribution in [2.75, 3.05) is 0 Å². The third-order valence-electron chi connectivity index (χ3n) is 1.65. The van der Waals surface area contributed by atoms with Gasteiger partial charge in [-0.25, -0.2) is 0 Å². The number of carbonyl (C=O) groups excluding carboxylic acids is 1. The van der Waals surface area contributed by atoms with Gasteiger partial charge in [0.1, 0.15) is 0 Å². The standard InChI is InChI=1S/C10H13NO/c1-10(2,11)9(12)8-6-4-3-5-7-8/h3-7H,11H2,1-2H3/p+1. The molecule has 12 heavy (non-hydrogen) atoms. The first-order valence-electron chi connectivity index (χ1n) is 3.97. The lowest BCUT2D eigenvalue weighted by Crippen LogP contribution is -2.73. The predicted molar refractivity (Wildman–Crippen MR) is 47.7 cm³/mol. The van der Waals surface area contributed by atoms with Crippen molar-refractivity contribution in [2.24, 2.45) is 0 Å². The Labute approximate surface area is 72.4 Å². The van der Waals surface area contributed by atoms with Crippen molar-refractivity contribution >= 4 is 5.78 Å². The van der Waals surface area contributed by atoms with E-state index in [4.69, 9.17) is 0 Å². The molecule has 0 aliphatic carbocycles. The monoisotopic (exact) mass is 164 g/mol. The molecule has 2 nitrogen and oxygen atoms in total. The van der Waals surface area contributed by atoms with Gasteiger partial charge in [0.15, 0.2) is 5.54 Å². The molecule has 0 saturated carbocycles. The lowest BCUT2D eigenvalue weighted by molar-refractivity contribution is -0.441. The van der Waals surface area contributed by atoms with Crippen LogP contribution in [-0.2, 0) is 0 Å². The third kappa shape index (κ3) is 1.92. The first kappa shape index (κ1) is 8.94. The second kappa shape index (κ2) is 3.07. The van der Waals surface area contributed by atoms with E-state index in [0.29, 0.717) is 0 Å². The minimum atomic E-state index is -0.526. The molecule has 2 heteroatoms. The summed E-state index contributed by atoms with van der Waals surface area (Å²) < 4.78 is 0. The minimum Gasteiger partial charge on any atom is -0.347 e. The molecule has 0 amide bonds. The maximum Gasteiger partial charge on any atom is 0.222 e. The van der Waals surface area contributed by atoms with Gasteiger partial charge >= 0.3 is 0 Å². The molecule has 0 heterocycles. The first-order valence-corrected chi connectivity index (χ1v) is 3.97. The number of hydrogen-bond donors (Lipinski definition) is 1. The summed E-state index contributed by atoms with van der Waals surface area (Å²) in [6, 6.07) is 9.25. The van der Waals surface area contributed by atoms with Crippen molar-refractivity contribution in [3.63, 3.8) is 0 Å². The molecule has 1 aromatic rings. The van der Waals surface area contributed by atoms with E-state index in [1.165, 1.54) is 0 Å². The average Bonchev–Trinajstić information content (AvgIpc) is 2.03. The summed E-state index contributed by atoms with van der Waals surface area (Å²) in [5, 5.41) is 0. The number of quaternary nitrogens is 1. The summed E-state index contributed by atoms with van der Waals surface area (Å²) in [6.07, 6.45) is 0. The Hall–Kier alpha value is -1.15. The molecule has 0 aromatic heterocycles. The van der Waals surface area contributed by atoms with Crippen LogP contribution in [-0.4, -0.2) is 11.3 Å². The topological polar surface area (TPSA) is 44.7 Å². The summed E-state index contributed by atoms with van der Waals surface area (Å²) in [5.41, 5.74) is 4.00. The molecule has 0 unspecified atom stereocenters. The Morgan fingerprint density at radius 2 is 1.75 bits per heavy atom. The van der Waals surface area contributed by atoms with E-state index in [9.17, 15) is 4.79 Å². The van der Waals surface area contributed by atoms with Crippen LogP contribution in [0.25, 0.3) is 0 Å². The third-order valence-corrected chi connectivity index (χ3v) is 1.65. The van der Waals surface area contributed by atoms with E-state index < -0.39 is 5.54 Å². The largest absolute Gasteiger partial charge is 0.347 e. The molecule has 0 bridgehead atoms. The molecular formula is C10H14NO+. The van der Waals surface area contributed by atoms with Crippen LogP contribution < -0.4 is 5.73 Å². The zero-order valence-electron chi connectivity index (χ0n) is 7.50. The van der Waals surface area contributed by atoms with Crippen molar-refractivity contribution in [2.45, 2.75) is 19.4 Å². The molecule has 64 valence electrons. The van der Waals surface area contributed by atoms with Gasteiger partial charge in [-0.15, -0.1) is 0 Å². The van der Waals surface area contributed by atoms with Crippen LogP contribution in [0.3, 0.4) is 0 Å². The number of benzene rings is 1. The molecule has 0 fully saturated rings. The van der Waals surface area contributed by atoms with Crippen molar-refractivity contribution in [3.05, 3.63) is 35.9 Å². The lowest BCUT2D eigenvalue weighted by atomic mass is 9.95. The Balaban J connectivity index is 2.94. The number of ketones is 1. The quantitative estimate of drug-likeness (QED) is 0.648. The summed E-state index contributed by atoms with van der Waals surface area (Å²) >= 11 is 0. The zero-order chi connectivity index (χ0) is 9.19. The molecule has 1 rings (SSSR count). The summed E-state index contributed by atoms with van der Waals surface area (Å²) in [4.78, 5) is 11.6. The van der Waals surface area contributed by atoms with E-state index in [2.05, 4.69) is 5.73 Å². The van der Waals surface area contributed by atoms with Crippen LogP contribution in [0.2, 0.25) is 0 Å². The molecular weight excluding hydrogens is 150 g/mol. The second-order valence-corrected chi connectivity index (χ2v) is 3.58. The van der Waals surface area contributed by atoms with Crippen LogP contribution >= 0.6 is 0 Å². The molecule has 3 N–H and O–H groups in total. The van der Waals surface area contributed by atoms with E-state index in [1.807, 2.05) is 44.2 Å². The fraction of sp³-hybridized carbons (Fsp3) is 0.300. The Morgan fingerprint density at radius 3 is 2.17 bits per heavy atom. The second-order valence-electron chi connectivity index (χ2n) is 3.58. The highest BCUT2D eigenvalue weighted by Gasteiger charge is 2.26. The number of rotatable bonds is 2. The molecule has 1 aromatic carbocycles. The molecule has 0 radical (unpaired) electrons. The maximum atomic E-state index is 11.6. The van der Waals surface area contributed by atoms with E-state index in [-0.39, 0.29) is 5.78 Å². The highest BCUT2D eigenvalue weighted by atomic mass is 16.1. The number of hydrogen-bond acceptors (Lipinski definition) is 1.